The summed E-state index contributed by atoms with van der Waals surface area (Å²) in [5, 5.41) is 3.50. The van der Waals surface area contributed by atoms with Gasteiger partial charge in [0.05, 0.1) is 45.7 Å². The summed E-state index contributed by atoms with van der Waals surface area (Å²) in [6.07, 6.45) is 1.72. The van der Waals surface area contributed by atoms with Crippen molar-refractivity contribution in [2.75, 3.05) is 59.2 Å². The number of aromatic nitrogens is 4. The Morgan fingerprint density at radius 3 is 2.33 bits per heavy atom. The summed E-state index contributed by atoms with van der Waals surface area (Å²) in [7, 11) is 3.25. The van der Waals surface area contributed by atoms with Gasteiger partial charge in [0.25, 0.3) is 5.82 Å². The van der Waals surface area contributed by atoms with Crippen molar-refractivity contribution in [3.8, 4) is 22.8 Å². The monoisotopic (exact) mass is 495 g/mol. The van der Waals surface area contributed by atoms with Gasteiger partial charge in [-0.15, -0.1) is 0 Å². The summed E-state index contributed by atoms with van der Waals surface area (Å²) >= 11 is 0. The van der Waals surface area contributed by atoms with E-state index in [1.165, 1.54) is 0 Å². The zero-order chi connectivity index (χ0) is 25.9. The second-order valence-corrected chi connectivity index (χ2v) is 9.89. The summed E-state index contributed by atoms with van der Waals surface area (Å²) in [5.41, 5.74) is 9.01. The number of anilines is 1. The number of nitrogens with zero attached hydrogens (tertiary/aromatic N) is 6. The Kier molecular flexibility index (Phi) is 7.87. The van der Waals surface area contributed by atoms with Crippen LogP contribution in [0.4, 0.5) is 11.8 Å². The number of rotatable bonds is 9. The fraction of sp³-hybridized carbons (Fsp3) is 0.538. The topological polar surface area (TPSA) is 111 Å². The van der Waals surface area contributed by atoms with Gasteiger partial charge in [-0.2, -0.15) is 9.97 Å². The Labute approximate surface area is 213 Å². The highest BCUT2D eigenvalue weighted by Gasteiger charge is 2.38. The maximum atomic E-state index is 6.21. The van der Waals surface area contributed by atoms with Crippen molar-refractivity contribution in [1.29, 1.82) is 0 Å². The number of piperazine rings is 1. The van der Waals surface area contributed by atoms with Crippen LogP contribution in [0.1, 0.15) is 27.7 Å². The first-order valence-electron chi connectivity index (χ1n) is 12.6. The average molecular weight is 496 g/mol. The van der Waals surface area contributed by atoms with Crippen LogP contribution in [0.5, 0.6) is 11.5 Å². The van der Waals surface area contributed by atoms with Gasteiger partial charge in [-0.25, -0.2) is 9.97 Å². The quantitative estimate of drug-likeness (QED) is 0.433. The van der Waals surface area contributed by atoms with Crippen molar-refractivity contribution < 1.29 is 9.47 Å². The molecule has 0 amide bonds. The lowest BCUT2D eigenvalue weighted by Gasteiger charge is -2.42. The molecule has 1 fully saturated rings. The third kappa shape index (κ3) is 5.21. The number of quaternary nitrogens is 1. The molecule has 3 aromatic rings. The lowest BCUT2D eigenvalue weighted by molar-refractivity contribution is 0.137. The third-order valence-corrected chi connectivity index (χ3v) is 7.08. The third-order valence-electron chi connectivity index (χ3n) is 7.08. The first kappa shape index (κ1) is 26.0. The van der Waals surface area contributed by atoms with Gasteiger partial charge in [0.2, 0.25) is 5.95 Å². The number of nitrogen functional groups attached to an aromatic ring is 1. The largest absolute Gasteiger partial charge is 0.493 e. The van der Waals surface area contributed by atoms with Gasteiger partial charge < -0.3 is 20.5 Å². The van der Waals surface area contributed by atoms with E-state index in [1.54, 1.807) is 20.4 Å². The molecule has 1 saturated heterocycles. The lowest BCUT2D eigenvalue weighted by Crippen LogP contribution is -2.63. The van der Waals surface area contributed by atoms with Crippen molar-refractivity contribution >= 4 is 22.9 Å². The minimum atomic E-state index is 0.228. The van der Waals surface area contributed by atoms with E-state index in [0.717, 1.165) is 56.3 Å². The van der Waals surface area contributed by atoms with Crippen LogP contribution in [0.3, 0.4) is 0 Å². The first-order chi connectivity index (χ1) is 17.3. The van der Waals surface area contributed by atoms with Crippen molar-refractivity contribution in [3.63, 3.8) is 0 Å². The minimum absolute atomic E-state index is 0.228. The summed E-state index contributed by atoms with van der Waals surface area (Å²) in [4.78, 5) is 21.5. The van der Waals surface area contributed by atoms with Gasteiger partial charge in [0.15, 0.2) is 22.7 Å². The second kappa shape index (κ2) is 10.9. The zero-order valence-corrected chi connectivity index (χ0v) is 22.3. The summed E-state index contributed by atoms with van der Waals surface area (Å²) < 4.78 is 11.6. The predicted molar refractivity (Wildman–Crippen MR) is 144 cm³/mol. The van der Waals surface area contributed by atoms with E-state index in [0.29, 0.717) is 39.2 Å². The zero-order valence-electron chi connectivity index (χ0n) is 22.3. The molecule has 10 heteroatoms. The van der Waals surface area contributed by atoms with Crippen LogP contribution in [-0.2, 0) is 0 Å². The molecule has 1 aromatic carbocycles. The normalized spacial score (nSPS) is 15.7. The van der Waals surface area contributed by atoms with E-state index in [1.807, 2.05) is 18.2 Å². The Morgan fingerprint density at radius 2 is 1.69 bits per heavy atom. The fourth-order valence-electron chi connectivity index (χ4n) is 5.16. The molecule has 0 spiro atoms. The molecule has 0 unspecified atom stereocenters. The molecule has 1 aliphatic rings. The van der Waals surface area contributed by atoms with E-state index in [2.05, 4.69) is 47.9 Å². The van der Waals surface area contributed by atoms with Crippen molar-refractivity contribution in [1.82, 2.24) is 34.6 Å². The molecule has 0 radical (unpaired) electrons. The fourth-order valence-corrected chi connectivity index (χ4v) is 5.16. The SMILES string of the molecule is COc1ccc(-c2cnc3nc(N)nc([N+]4(CCN(C(C)C)C(C)C)CCNCC4)c3n2)cc1OC. The molecule has 4 rings (SSSR count). The number of nitrogens with two attached hydrogens (primary N) is 1. The molecule has 10 nitrogen and oxygen atoms in total. The molecule has 2 aromatic heterocycles. The van der Waals surface area contributed by atoms with Crippen molar-refractivity contribution in [3.05, 3.63) is 24.4 Å². The van der Waals surface area contributed by atoms with Gasteiger partial charge in [-0.05, 0) is 45.9 Å². The molecule has 3 N–H and O–H groups in total. The highest BCUT2D eigenvalue weighted by atomic mass is 16.5. The maximum Gasteiger partial charge on any atom is 0.261 e. The number of methoxy groups -OCH3 is 2. The average Bonchev–Trinajstić information content (AvgIpc) is 2.87. The number of benzene rings is 1. The number of hydrogen-bond acceptors (Lipinski definition) is 9. The Balaban J connectivity index is 1.82. The van der Waals surface area contributed by atoms with Crippen LogP contribution in [0, 0.1) is 0 Å². The highest BCUT2D eigenvalue weighted by Crippen LogP contribution is 2.34. The molecule has 0 bridgehead atoms. The van der Waals surface area contributed by atoms with Crippen molar-refractivity contribution in [2.45, 2.75) is 39.8 Å². The second-order valence-electron chi connectivity index (χ2n) is 9.89. The molecule has 0 atom stereocenters. The maximum absolute atomic E-state index is 6.21. The van der Waals surface area contributed by atoms with Crippen LogP contribution in [0.15, 0.2) is 24.4 Å². The first-order valence-corrected chi connectivity index (χ1v) is 12.6. The molecule has 194 valence electrons. The molecule has 3 heterocycles. The van der Waals surface area contributed by atoms with E-state index >= 15 is 0 Å². The molecule has 0 saturated carbocycles. The molecular formula is C26H39N8O2+. The van der Waals surface area contributed by atoms with E-state index in [4.69, 9.17) is 25.2 Å². The standard InChI is InChI=1S/C26H39N8O2/c1-17(2)33(18(3)4)11-14-34(12-9-28-10-13-34)25-23-24(31-26(27)32-25)29-16-20(30-23)19-7-8-21(35-5)22(15-19)36-6/h7-8,15-18,28H,9-14H2,1-6H3,(H2,27,29,31,32)/q+1. The molecule has 1 aliphatic heterocycles. The smallest absolute Gasteiger partial charge is 0.261 e. The molecular weight excluding hydrogens is 456 g/mol. The number of fused-ring (bicyclic) bond motifs is 1. The summed E-state index contributed by atoms with van der Waals surface area (Å²) in [5.74, 6) is 2.38. The van der Waals surface area contributed by atoms with Crippen LogP contribution in [0.25, 0.3) is 22.4 Å². The number of hydrogen-bond donors (Lipinski definition) is 2. The van der Waals surface area contributed by atoms with Crippen molar-refractivity contribution in [2.24, 2.45) is 0 Å². The summed E-state index contributed by atoms with van der Waals surface area (Å²) in [6, 6.07) is 6.64. The minimum Gasteiger partial charge on any atom is -0.493 e. The van der Waals surface area contributed by atoms with Gasteiger partial charge in [-0.1, -0.05) is 0 Å². The van der Waals surface area contributed by atoms with Crippen LogP contribution >= 0.6 is 0 Å². The molecule has 36 heavy (non-hydrogen) atoms. The number of ether oxygens (including phenoxy) is 2. The van der Waals surface area contributed by atoms with Crippen LogP contribution in [0.2, 0.25) is 0 Å². The van der Waals surface area contributed by atoms with Gasteiger partial charge >= 0.3 is 0 Å². The van der Waals surface area contributed by atoms with E-state index < -0.39 is 0 Å². The van der Waals surface area contributed by atoms with Crippen LogP contribution < -0.4 is 25.0 Å². The van der Waals surface area contributed by atoms with Gasteiger partial charge in [0, 0.05) is 37.3 Å². The molecule has 0 aliphatic carbocycles. The summed E-state index contributed by atoms with van der Waals surface area (Å²) in [6.45, 7) is 14.5. The Bertz CT molecular complexity index is 1190. The van der Waals surface area contributed by atoms with Gasteiger partial charge in [-0.3, -0.25) is 9.38 Å². The van der Waals surface area contributed by atoms with Gasteiger partial charge in [0.1, 0.15) is 0 Å². The van der Waals surface area contributed by atoms with E-state index in [9.17, 15) is 0 Å². The Hall–Kier alpha value is -3.08. The van der Waals surface area contributed by atoms with Crippen LogP contribution in [-0.4, -0.2) is 90.4 Å². The number of nitrogens with one attached hydrogen (secondary N) is 1. The Morgan fingerprint density at radius 1 is 1.00 bits per heavy atom. The lowest BCUT2D eigenvalue weighted by atomic mass is 10.1. The predicted octanol–water partition coefficient (Wildman–Crippen LogP) is 2.72. The van der Waals surface area contributed by atoms with E-state index in [-0.39, 0.29) is 5.95 Å². The highest BCUT2D eigenvalue weighted by molar-refractivity contribution is 5.85.